The van der Waals surface area contributed by atoms with Gasteiger partial charge >= 0.3 is 6.18 Å². The molecular weight excluding hydrogens is 438 g/mol. The van der Waals surface area contributed by atoms with E-state index in [1.807, 2.05) is 53.1 Å². The Labute approximate surface area is 194 Å². The number of para-hydroxylation sites is 3. The van der Waals surface area contributed by atoms with Crippen molar-refractivity contribution >= 4 is 21.8 Å². The van der Waals surface area contributed by atoms with Crippen LogP contribution in [-0.2, 0) is 11.8 Å². The molecule has 0 saturated heterocycles. The van der Waals surface area contributed by atoms with Crippen LogP contribution in [-0.4, -0.2) is 4.57 Å². The van der Waals surface area contributed by atoms with Crippen LogP contribution in [0.3, 0.4) is 0 Å². The Morgan fingerprint density at radius 1 is 0.706 bits per heavy atom. The summed E-state index contributed by atoms with van der Waals surface area (Å²) in [4.78, 5) is 0. The van der Waals surface area contributed by atoms with Crippen LogP contribution < -0.4 is 0 Å². The summed E-state index contributed by atoms with van der Waals surface area (Å²) >= 11 is 0. The lowest BCUT2D eigenvalue weighted by molar-refractivity contribution is -0.137. The maximum atomic E-state index is 15.1. The van der Waals surface area contributed by atoms with Crippen LogP contribution >= 0.6 is 0 Å². The molecule has 0 radical (unpaired) electrons. The van der Waals surface area contributed by atoms with Crippen LogP contribution in [0.4, 0.5) is 17.6 Å². The minimum atomic E-state index is -4.61. The summed E-state index contributed by atoms with van der Waals surface area (Å²) in [5, 5.41) is 2.00. The third-order valence-electron chi connectivity index (χ3n) is 6.29. The Morgan fingerprint density at radius 3 is 1.85 bits per heavy atom. The molecule has 1 nitrogen and oxygen atoms in total. The molecule has 1 atom stereocenters. The van der Waals surface area contributed by atoms with Crippen molar-refractivity contribution < 1.29 is 17.6 Å². The van der Waals surface area contributed by atoms with E-state index in [2.05, 4.69) is 6.58 Å². The molecule has 1 heterocycles. The lowest BCUT2D eigenvalue weighted by Gasteiger charge is -2.22. The first-order chi connectivity index (χ1) is 16.2. The van der Waals surface area contributed by atoms with E-state index < -0.39 is 17.4 Å². The fourth-order valence-corrected chi connectivity index (χ4v) is 4.51. The average Bonchev–Trinajstić information content (AvgIpc) is 3.17. The van der Waals surface area contributed by atoms with Crippen LogP contribution in [0.1, 0.15) is 18.1 Å². The van der Waals surface area contributed by atoms with Gasteiger partial charge in [-0.15, -0.1) is 0 Å². The summed E-state index contributed by atoms with van der Waals surface area (Å²) in [7, 11) is 0. The van der Waals surface area contributed by atoms with Gasteiger partial charge in [-0.2, -0.15) is 13.2 Å². The normalized spacial score (nSPS) is 13.8. The highest BCUT2D eigenvalue weighted by atomic mass is 19.4. The summed E-state index contributed by atoms with van der Waals surface area (Å²) in [6, 6.07) is 25.9. The van der Waals surface area contributed by atoms with Crippen molar-refractivity contribution in [1.29, 1.82) is 0 Å². The molecule has 5 aromatic rings. The number of hydrogen-bond donors (Lipinski definition) is 0. The summed E-state index contributed by atoms with van der Waals surface area (Å²) in [5.41, 5.74) is -0.0462. The quantitative estimate of drug-likeness (QED) is 0.187. The van der Waals surface area contributed by atoms with E-state index in [1.54, 1.807) is 24.3 Å². The number of hydrogen-bond acceptors (Lipinski definition) is 0. The van der Waals surface area contributed by atoms with E-state index in [1.165, 1.54) is 19.1 Å². The molecule has 170 valence electrons. The fourth-order valence-electron chi connectivity index (χ4n) is 4.51. The van der Waals surface area contributed by atoms with E-state index in [0.717, 1.165) is 33.9 Å². The van der Waals surface area contributed by atoms with Crippen molar-refractivity contribution in [3.63, 3.8) is 0 Å². The number of nitrogens with zero attached hydrogens (tertiary/aromatic N) is 1. The van der Waals surface area contributed by atoms with Gasteiger partial charge in [-0.3, -0.25) is 0 Å². The molecule has 1 aromatic heterocycles. The largest absolute Gasteiger partial charge is 0.417 e. The highest BCUT2D eigenvalue weighted by Gasteiger charge is 2.35. The highest BCUT2D eigenvalue weighted by Crippen LogP contribution is 2.43. The Bertz CT molecular complexity index is 1490. The number of benzene rings is 4. The molecule has 34 heavy (non-hydrogen) atoms. The predicted molar refractivity (Wildman–Crippen MR) is 130 cm³/mol. The summed E-state index contributed by atoms with van der Waals surface area (Å²) in [6.45, 7) is 4.79. The minimum absolute atomic E-state index is 0.0758. The van der Waals surface area contributed by atoms with Gasteiger partial charge < -0.3 is 4.57 Å². The number of halogens is 4. The minimum Gasteiger partial charge on any atom is -0.309 e. The second-order valence-corrected chi connectivity index (χ2v) is 8.42. The zero-order valence-electron chi connectivity index (χ0n) is 18.4. The smallest absolute Gasteiger partial charge is 0.309 e. The number of alkyl halides is 4. The Kier molecular flexibility index (Phi) is 5.08. The third-order valence-corrected chi connectivity index (χ3v) is 6.29. The monoisotopic (exact) mass is 459 g/mol. The molecule has 0 N–H and O–H groups in total. The standard InChI is InChI=1S/C29H21F4N/c1-3-28(2,30)19-16-17-24(29(31,32)33)23(18-19)22-12-6-9-15-27(22)34-25-13-7-4-10-20(25)21-11-5-8-14-26(21)34/h3-18H,1H2,2H3. The maximum absolute atomic E-state index is 15.1. The molecule has 0 aliphatic heterocycles. The zero-order chi connectivity index (χ0) is 24.1. The van der Waals surface area contributed by atoms with Gasteiger partial charge in [0.25, 0.3) is 0 Å². The van der Waals surface area contributed by atoms with Crippen LogP contribution in [0, 0.1) is 0 Å². The van der Waals surface area contributed by atoms with Crippen LogP contribution in [0.5, 0.6) is 0 Å². The number of allylic oxidation sites excluding steroid dienone is 1. The van der Waals surface area contributed by atoms with Gasteiger partial charge in [-0.25, -0.2) is 4.39 Å². The SMILES string of the molecule is C=CC(C)(F)c1ccc(C(F)(F)F)c(-c2ccccc2-n2c3ccccc3c3ccccc32)c1. The third kappa shape index (κ3) is 3.48. The first-order valence-corrected chi connectivity index (χ1v) is 10.8. The van der Waals surface area contributed by atoms with Gasteiger partial charge in [0, 0.05) is 16.3 Å². The first-order valence-electron chi connectivity index (χ1n) is 10.8. The Morgan fingerprint density at radius 2 is 1.26 bits per heavy atom. The lowest BCUT2D eigenvalue weighted by Crippen LogP contribution is -2.14. The molecule has 0 spiro atoms. The van der Waals surface area contributed by atoms with Crippen LogP contribution in [0.15, 0.2) is 104 Å². The van der Waals surface area contributed by atoms with E-state index >= 15 is 4.39 Å². The molecule has 0 aliphatic rings. The topological polar surface area (TPSA) is 4.93 Å². The zero-order valence-corrected chi connectivity index (χ0v) is 18.4. The number of rotatable bonds is 4. The van der Waals surface area contributed by atoms with Gasteiger partial charge in [0.2, 0.25) is 0 Å². The molecule has 0 saturated carbocycles. The molecule has 0 amide bonds. The van der Waals surface area contributed by atoms with Crippen LogP contribution in [0.2, 0.25) is 0 Å². The van der Waals surface area contributed by atoms with Gasteiger partial charge in [0.15, 0.2) is 5.67 Å². The van der Waals surface area contributed by atoms with Gasteiger partial charge in [0.1, 0.15) is 0 Å². The van der Waals surface area contributed by atoms with Gasteiger partial charge in [-0.1, -0.05) is 73.3 Å². The molecule has 5 rings (SSSR count). The summed E-state index contributed by atoms with van der Waals surface area (Å²) < 4.78 is 59.3. The Balaban J connectivity index is 1.88. The van der Waals surface area contributed by atoms with Crippen molar-refractivity contribution in [3.8, 4) is 16.8 Å². The van der Waals surface area contributed by atoms with Gasteiger partial charge in [0.05, 0.1) is 22.3 Å². The second-order valence-electron chi connectivity index (χ2n) is 8.42. The van der Waals surface area contributed by atoms with Crippen molar-refractivity contribution in [2.45, 2.75) is 18.8 Å². The van der Waals surface area contributed by atoms with E-state index in [4.69, 9.17) is 0 Å². The number of fused-ring (bicyclic) bond motifs is 3. The van der Waals surface area contributed by atoms with Crippen molar-refractivity contribution in [2.24, 2.45) is 0 Å². The van der Waals surface area contributed by atoms with Crippen molar-refractivity contribution in [2.75, 3.05) is 0 Å². The molecule has 5 heteroatoms. The first kappa shape index (κ1) is 22.0. The fraction of sp³-hybridized carbons (Fsp3) is 0.103. The van der Waals surface area contributed by atoms with Crippen molar-refractivity contribution in [3.05, 3.63) is 115 Å². The molecule has 0 bridgehead atoms. The number of aromatic nitrogens is 1. The van der Waals surface area contributed by atoms with Crippen molar-refractivity contribution in [1.82, 2.24) is 4.57 Å². The van der Waals surface area contributed by atoms with E-state index in [9.17, 15) is 13.2 Å². The van der Waals surface area contributed by atoms with Gasteiger partial charge in [-0.05, 0) is 48.4 Å². The highest BCUT2D eigenvalue weighted by molar-refractivity contribution is 6.09. The van der Waals surface area contributed by atoms with E-state index in [0.29, 0.717) is 11.3 Å². The molecule has 4 aromatic carbocycles. The lowest BCUT2D eigenvalue weighted by atomic mass is 9.90. The molecular formula is C29H21F4N. The summed E-state index contributed by atoms with van der Waals surface area (Å²) in [6.07, 6.45) is -3.51. The average molecular weight is 459 g/mol. The molecule has 0 aliphatic carbocycles. The molecule has 0 fully saturated rings. The summed E-state index contributed by atoms with van der Waals surface area (Å²) in [5.74, 6) is 0. The molecule has 1 unspecified atom stereocenters. The Hall–Kier alpha value is -3.86. The second kappa shape index (κ2) is 7.87. The van der Waals surface area contributed by atoms with Crippen LogP contribution in [0.25, 0.3) is 38.6 Å². The maximum Gasteiger partial charge on any atom is 0.417 e. The predicted octanol–water partition coefficient (Wildman–Crippen LogP) is 8.84. The van der Waals surface area contributed by atoms with E-state index in [-0.39, 0.29) is 11.1 Å².